The molecule has 0 aliphatic heterocycles. The van der Waals surface area contributed by atoms with E-state index in [0.29, 0.717) is 22.4 Å². The van der Waals surface area contributed by atoms with Crippen LogP contribution in [0.5, 0.6) is 0 Å². The fourth-order valence-electron chi connectivity index (χ4n) is 2.36. The standard InChI is InChI=1S/C16H13FIN3O/c1-9(19)15-20-14-12(6-3-7-13(14)18)16(22)21(15)11-5-2-4-10(17)8-11/h2-9H,19H2,1H3/t9-/m0/s1. The van der Waals surface area contributed by atoms with Gasteiger partial charge in [-0.1, -0.05) is 12.1 Å². The first-order valence-electron chi connectivity index (χ1n) is 6.71. The molecule has 0 fully saturated rings. The van der Waals surface area contributed by atoms with E-state index in [2.05, 4.69) is 27.6 Å². The fraction of sp³-hybridized carbons (Fsp3) is 0.125. The van der Waals surface area contributed by atoms with Crippen LogP contribution in [0.4, 0.5) is 4.39 Å². The van der Waals surface area contributed by atoms with E-state index >= 15 is 0 Å². The molecule has 0 radical (unpaired) electrons. The van der Waals surface area contributed by atoms with Gasteiger partial charge in [-0.15, -0.1) is 0 Å². The van der Waals surface area contributed by atoms with Crippen LogP contribution in [0.1, 0.15) is 18.8 Å². The summed E-state index contributed by atoms with van der Waals surface area (Å²) in [7, 11) is 0. The van der Waals surface area contributed by atoms with E-state index < -0.39 is 11.9 Å². The van der Waals surface area contributed by atoms with Gasteiger partial charge in [-0.2, -0.15) is 0 Å². The lowest BCUT2D eigenvalue weighted by molar-refractivity contribution is 0.623. The summed E-state index contributed by atoms with van der Waals surface area (Å²) in [6.45, 7) is 1.75. The van der Waals surface area contributed by atoms with Crippen LogP contribution in [0.3, 0.4) is 0 Å². The summed E-state index contributed by atoms with van der Waals surface area (Å²) in [6.07, 6.45) is 0. The van der Waals surface area contributed by atoms with Crippen molar-refractivity contribution in [2.45, 2.75) is 13.0 Å². The van der Waals surface area contributed by atoms with Crippen molar-refractivity contribution < 1.29 is 4.39 Å². The van der Waals surface area contributed by atoms with Crippen LogP contribution in [0.25, 0.3) is 16.6 Å². The second kappa shape index (κ2) is 5.77. The van der Waals surface area contributed by atoms with E-state index in [1.165, 1.54) is 16.7 Å². The monoisotopic (exact) mass is 409 g/mol. The van der Waals surface area contributed by atoms with Gasteiger partial charge in [-0.05, 0) is 59.8 Å². The van der Waals surface area contributed by atoms with Crippen molar-refractivity contribution in [3.05, 3.63) is 68.0 Å². The SMILES string of the molecule is C[C@H](N)c1nc2c(I)cccc2c(=O)n1-c1cccc(F)c1. The number of hydrogen-bond acceptors (Lipinski definition) is 3. The maximum Gasteiger partial charge on any atom is 0.266 e. The van der Waals surface area contributed by atoms with Crippen LogP contribution < -0.4 is 11.3 Å². The van der Waals surface area contributed by atoms with Crippen molar-refractivity contribution in [1.82, 2.24) is 9.55 Å². The Morgan fingerprint density at radius 1 is 1.27 bits per heavy atom. The second-order valence-electron chi connectivity index (χ2n) is 5.02. The highest BCUT2D eigenvalue weighted by Gasteiger charge is 2.17. The molecule has 0 aliphatic rings. The van der Waals surface area contributed by atoms with Gasteiger partial charge < -0.3 is 5.73 Å². The Morgan fingerprint density at radius 2 is 2.00 bits per heavy atom. The lowest BCUT2D eigenvalue weighted by atomic mass is 10.2. The quantitative estimate of drug-likeness (QED) is 0.662. The number of benzene rings is 2. The smallest absolute Gasteiger partial charge is 0.266 e. The Bertz CT molecular complexity index is 921. The normalized spacial score (nSPS) is 12.5. The minimum atomic E-state index is -0.462. The van der Waals surface area contributed by atoms with Gasteiger partial charge in [0.2, 0.25) is 0 Å². The average Bonchev–Trinajstić information content (AvgIpc) is 2.47. The van der Waals surface area contributed by atoms with E-state index in [1.807, 2.05) is 6.07 Å². The molecule has 0 amide bonds. The minimum absolute atomic E-state index is 0.249. The Morgan fingerprint density at radius 3 is 2.68 bits per heavy atom. The van der Waals surface area contributed by atoms with Crippen LogP contribution in [0, 0.1) is 9.39 Å². The molecule has 22 heavy (non-hydrogen) atoms. The van der Waals surface area contributed by atoms with Crippen LogP contribution in [-0.2, 0) is 0 Å². The molecule has 0 spiro atoms. The molecule has 4 nitrogen and oxygen atoms in total. The molecule has 1 heterocycles. The summed E-state index contributed by atoms with van der Waals surface area (Å²) >= 11 is 2.14. The highest BCUT2D eigenvalue weighted by Crippen LogP contribution is 2.20. The Hall–Kier alpha value is -1.80. The van der Waals surface area contributed by atoms with Crippen molar-refractivity contribution in [1.29, 1.82) is 0 Å². The molecule has 6 heteroatoms. The van der Waals surface area contributed by atoms with Crippen molar-refractivity contribution in [3.63, 3.8) is 0 Å². The average molecular weight is 409 g/mol. The van der Waals surface area contributed by atoms with E-state index in [4.69, 9.17) is 5.73 Å². The van der Waals surface area contributed by atoms with Crippen LogP contribution in [0.15, 0.2) is 47.3 Å². The maximum atomic E-state index is 13.5. The van der Waals surface area contributed by atoms with E-state index in [9.17, 15) is 9.18 Å². The highest BCUT2D eigenvalue weighted by molar-refractivity contribution is 14.1. The van der Waals surface area contributed by atoms with Gasteiger partial charge in [-0.25, -0.2) is 9.37 Å². The summed E-state index contributed by atoms with van der Waals surface area (Å²) in [4.78, 5) is 17.4. The molecule has 3 aromatic rings. The molecule has 0 aliphatic carbocycles. The first kappa shape index (κ1) is 15.1. The largest absolute Gasteiger partial charge is 0.322 e. The minimum Gasteiger partial charge on any atom is -0.322 e. The molecule has 1 aromatic heterocycles. The van der Waals surface area contributed by atoms with Gasteiger partial charge in [0.05, 0.1) is 22.6 Å². The fourth-order valence-corrected chi connectivity index (χ4v) is 2.98. The van der Waals surface area contributed by atoms with Crippen molar-refractivity contribution in [3.8, 4) is 5.69 Å². The van der Waals surface area contributed by atoms with Gasteiger partial charge >= 0.3 is 0 Å². The van der Waals surface area contributed by atoms with Crippen LogP contribution in [0.2, 0.25) is 0 Å². The maximum absolute atomic E-state index is 13.5. The molecule has 0 saturated heterocycles. The molecule has 1 atom stereocenters. The number of para-hydroxylation sites is 1. The molecule has 112 valence electrons. The van der Waals surface area contributed by atoms with Crippen LogP contribution >= 0.6 is 22.6 Å². The first-order chi connectivity index (χ1) is 10.5. The van der Waals surface area contributed by atoms with Gasteiger partial charge in [0.25, 0.3) is 5.56 Å². The van der Waals surface area contributed by atoms with E-state index in [0.717, 1.165) is 3.57 Å². The molecule has 2 N–H and O–H groups in total. The Labute approximate surface area is 139 Å². The molecular formula is C16H13FIN3O. The lowest BCUT2D eigenvalue weighted by Gasteiger charge is -2.16. The summed E-state index contributed by atoms with van der Waals surface area (Å²) < 4.78 is 15.8. The number of nitrogens with two attached hydrogens (primary N) is 1. The molecule has 3 rings (SSSR count). The summed E-state index contributed by atoms with van der Waals surface area (Å²) in [5.41, 5.74) is 6.77. The van der Waals surface area contributed by atoms with Gasteiger partial charge in [0, 0.05) is 3.57 Å². The van der Waals surface area contributed by atoms with Crippen LogP contribution in [-0.4, -0.2) is 9.55 Å². The third kappa shape index (κ3) is 2.52. The topological polar surface area (TPSA) is 60.9 Å². The summed E-state index contributed by atoms with van der Waals surface area (Å²) in [6, 6.07) is 10.8. The Balaban J connectivity index is 2.45. The number of hydrogen-bond donors (Lipinski definition) is 1. The van der Waals surface area contributed by atoms with Gasteiger partial charge in [-0.3, -0.25) is 9.36 Å². The number of halogens is 2. The number of fused-ring (bicyclic) bond motifs is 1. The number of aromatic nitrogens is 2. The highest BCUT2D eigenvalue weighted by atomic mass is 127. The third-order valence-electron chi connectivity index (χ3n) is 3.35. The predicted molar refractivity (Wildman–Crippen MR) is 92.6 cm³/mol. The summed E-state index contributed by atoms with van der Waals surface area (Å²) in [5, 5.41) is 0.487. The molecular weight excluding hydrogens is 396 g/mol. The number of rotatable bonds is 2. The molecule has 0 bridgehead atoms. The number of nitrogens with zero attached hydrogens (tertiary/aromatic N) is 2. The van der Waals surface area contributed by atoms with Crippen molar-refractivity contribution in [2.24, 2.45) is 5.73 Å². The zero-order chi connectivity index (χ0) is 15.9. The van der Waals surface area contributed by atoms with Crippen molar-refractivity contribution in [2.75, 3.05) is 0 Å². The molecule has 0 unspecified atom stereocenters. The van der Waals surface area contributed by atoms with Crippen molar-refractivity contribution >= 4 is 33.5 Å². The zero-order valence-corrected chi connectivity index (χ0v) is 13.9. The molecule has 2 aromatic carbocycles. The first-order valence-corrected chi connectivity index (χ1v) is 7.79. The van der Waals surface area contributed by atoms with E-state index in [-0.39, 0.29) is 5.56 Å². The summed E-state index contributed by atoms with van der Waals surface area (Å²) in [5.74, 6) is -0.00465. The zero-order valence-electron chi connectivity index (χ0n) is 11.8. The predicted octanol–water partition coefficient (Wildman–Crippen LogP) is 3.15. The Kier molecular flexibility index (Phi) is 3.96. The molecule has 0 saturated carbocycles. The van der Waals surface area contributed by atoms with E-state index in [1.54, 1.807) is 31.2 Å². The van der Waals surface area contributed by atoms with Gasteiger partial charge in [0.15, 0.2) is 0 Å². The lowest BCUT2D eigenvalue weighted by Crippen LogP contribution is -2.27. The van der Waals surface area contributed by atoms with Gasteiger partial charge in [0.1, 0.15) is 11.6 Å². The second-order valence-corrected chi connectivity index (χ2v) is 6.18. The third-order valence-corrected chi connectivity index (χ3v) is 4.22.